The molecule has 30 heavy (non-hydrogen) atoms. The Hall–Kier alpha value is -3.21. The SMILES string of the molecule is O=C(c1cc(-c2cnn3cc(-c4cn[nH]c4)cnc23)cs1)N1CCCC1C(F)(F)F. The van der Waals surface area contributed by atoms with Gasteiger partial charge in [0.2, 0.25) is 0 Å². The molecule has 0 aromatic carbocycles. The number of nitrogens with zero attached hydrogens (tertiary/aromatic N) is 5. The zero-order chi connectivity index (χ0) is 20.9. The summed E-state index contributed by atoms with van der Waals surface area (Å²) in [5.41, 5.74) is 3.70. The maximum absolute atomic E-state index is 13.2. The molecule has 0 spiro atoms. The Morgan fingerprint density at radius 2 is 2.07 bits per heavy atom. The van der Waals surface area contributed by atoms with E-state index in [1.807, 2.05) is 6.20 Å². The third-order valence-electron chi connectivity index (χ3n) is 5.20. The molecule has 1 atom stereocenters. The highest BCUT2D eigenvalue weighted by Gasteiger charge is 2.48. The molecular weight excluding hydrogens is 417 g/mol. The molecule has 0 aliphatic carbocycles. The number of hydrogen-bond donors (Lipinski definition) is 1. The van der Waals surface area contributed by atoms with Crippen LogP contribution in [0.15, 0.2) is 42.4 Å². The van der Waals surface area contributed by atoms with Gasteiger partial charge in [-0.3, -0.25) is 9.89 Å². The second kappa shape index (κ2) is 6.94. The number of carbonyl (C=O) groups is 1. The molecule has 4 aromatic rings. The van der Waals surface area contributed by atoms with Crippen molar-refractivity contribution in [2.75, 3.05) is 6.54 Å². The molecule has 154 valence electrons. The van der Waals surface area contributed by atoms with Crippen molar-refractivity contribution in [2.24, 2.45) is 0 Å². The van der Waals surface area contributed by atoms with E-state index in [-0.39, 0.29) is 17.8 Å². The predicted octanol–water partition coefficient (Wildman–Crippen LogP) is 4.01. The first-order valence-corrected chi connectivity index (χ1v) is 10.1. The topological polar surface area (TPSA) is 79.2 Å². The lowest BCUT2D eigenvalue weighted by molar-refractivity contribution is -0.169. The van der Waals surface area contributed by atoms with Crippen molar-refractivity contribution < 1.29 is 18.0 Å². The number of likely N-dealkylation sites (tertiary alicyclic amines) is 1. The van der Waals surface area contributed by atoms with Gasteiger partial charge in [0.15, 0.2) is 5.65 Å². The van der Waals surface area contributed by atoms with Gasteiger partial charge in [-0.05, 0) is 29.9 Å². The molecule has 7 nitrogen and oxygen atoms in total. The first-order chi connectivity index (χ1) is 14.4. The number of amides is 1. The first kappa shape index (κ1) is 18.8. The van der Waals surface area contributed by atoms with Crippen molar-refractivity contribution in [3.63, 3.8) is 0 Å². The van der Waals surface area contributed by atoms with Crippen molar-refractivity contribution >= 4 is 22.9 Å². The summed E-state index contributed by atoms with van der Waals surface area (Å²) in [5, 5.41) is 12.7. The van der Waals surface area contributed by atoms with Crippen LogP contribution in [0.5, 0.6) is 0 Å². The van der Waals surface area contributed by atoms with E-state index in [1.54, 1.807) is 40.7 Å². The van der Waals surface area contributed by atoms with Crippen molar-refractivity contribution in [3.8, 4) is 22.3 Å². The molecular formula is C19H15F3N6OS. The number of nitrogens with one attached hydrogen (secondary N) is 1. The van der Waals surface area contributed by atoms with Gasteiger partial charge in [-0.25, -0.2) is 9.50 Å². The van der Waals surface area contributed by atoms with Crippen molar-refractivity contribution in [1.29, 1.82) is 0 Å². The van der Waals surface area contributed by atoms with Crippen LogP contribution in [0, 0.1) is 0 Å². The summed E-state index contributed by atoms with van der Waals surface area (Å²) in [7, 11) is 0. The highest BCUT2D eigenvalue weighted by molar-refractivity contribution is 7.12. The maximum atomic E-state index is 13.2. The second-order valence-electron chi connectivity index (χ2n) is 7.05. The minimum Gasteiger partial charge on any atom is -0.326 e. The Balaban J connectivity index is 1.44. The molecule has 11 heteroatoms. The summed E-state index contributed by atoms with van der Waals surface area (Å²) in [6.45, 7) is 0.116. The van der Waals surface area contributed by atoms with E-state index in [0.717, 1.165) is 27.4 Å². The van der Waals surface area contributed by atoms with Crippen LogP contribution in [0.3, 0.4) is 0 Å². The van der Waals surface area contributed by atoms with Gasteiger partial charge in [0.05, 0.1) is 17.3 Å². The maximum Gasteiger partial charge on any atom is 0.408 e. The Morgan fingerprint density at radius 1 is 1.20 bits per heavy atom. The van der Waals surface area contributed by atoms with Crippen LogP contribution in [-0.2, 0) is 0 Å². The fourth-order valence-corrected chi connectivity index (χ4v) is 4.58. The van der Waals surface area contributed by atoms with Crippen molar-refractivity contribution in [3.05, 3.63) is 47.3 Å². The lowest BCUT2D eigenvalue weighted by atomic mass is 10.1. The monoisotopic (exact) mass is 432 g/mol. The smallest absolute Gasteiger partial charge is 0.326 e. The lowest BCUT2D eigenvalue weighted by Gasteiger charge is -2.26. The number of halogens is 3. The van der Waals surface area contributed by atoms with Crippen LogP contribution >= 0.6 is 11.3 Å². The van der Waals surface area contributed by atoms with Gasteiger partial charge in [-0.1, -0.05) is 0 Å². The quantitative estimate of drug-likeness (QED) is 0.531. The standard InChI is InChI=1S/C19H15F3N6OS/c20-19(21,22)16-2-1-3-27(16)18(29)15-4-11(10-30-15)14-8-26-28-9-13(5-23-17(14)28)12-6-24-25-7-12/h4-10,16H,1-3H2,(H,24,25). The largest absolute Gasteiger partial charge is 0.408 e. The zero-order valence-electron chi connectivity index (χ0n) is 15.4. The van der Waals surface area contributed by atoms with Crippen LogP contribution < -0.4 is 0 Å². The Kier molecular flexibility index (Phi) is 4.35. The Bertz CT molecular complexity index is 1210. The van der Waals surface area contributed by atoms with Gasteiger partial charge >= 0.3 is 6.18 Å². The van der Waals surface area contributed by atoms with Crippen LogP contribution in [0.25, 0.3) is 27.9 Å². The molecule has 1 saturated heterocycles. The van der Waals surface area contributed by atoms with Crippen molar-refractivity contribution in [1.82, 2.24) is 29.7 Å². The number of fused-ring (bicyclic) bond motifs is 1. The van der Waals surface area contributed by atoms with E-state index < -0.39 is 18.1 Å². The van der Waals surface area contributed by atoms with Gasteiger partial charge < -0.3 is 4.90 Å². The summed E-state index contributed by atoms with van der Waals surface area (Å²) in [4.78, 5) is 18.4. The number of rotatable bonds is 3. The van der Waals surface area contributed by atoms with Crippen LogP contribution in [0.1, 0.15) is 22.5 Å². The molecule has 4 aromatic heterocycles. The molecule has 5 rings (SSSR count). The number of thiophene rings is 1. The third-order valence-corrected chi connectivity index (χ3v) is 6.12. The normalized spacial score (nSPS) is 17.2. The third kappa shape index (κ3) is 3.15. The molecule has 0 radical (unpaired) electrons. The van der Waals surface area contributed by atoms with Gasteiger partial charge in [-0.2, -0.15) is 23.4 Å². The summed E-state index contributed by atoms with van der Waals surface area (Å²) >= 11 is 1.13. The molecule has 0 saturated carbocycles. The average Bonchev–Trinajstić information content (AvgIpc) is 3.52. The average molecular weight is 432 g/mol. The van der Waals surface area contributed by atoms with Gasteiger partial charge in [0.25, 0.3) is 5.91 Å². The lowest BCUT2D eigenvalue weighted by Crippen LogP contribution is -2.44. The predicted molar refractivity (Wildman–Crippen MR) is 104 cm³/mol. The number of aromatic nitrogens is 5. The van der Waals surface area contributed by atoms with Crippen molar-refractivity contribution in [2.45, 2.75) is 25.1 Å². The highest BCUT2D eigenvalue weighted by Crippen LogP contribution is 2.35. The molecule has 5 heterocycles. The van der Waals surface area contributed by atoms with E-state index in [0.29, 0.717) is 23.2 Å². The molecule has 1 aliphatic heterocycles. The highest BCUT2D eigenvalue weighted by atomic mass is 32.1. The molecule has 1 N–H and O–H groups in total. The fourth-order valence-electron chi connectivity index (χ4n) is 3.72. The molecule has 1 aliphatic rings. The van der Waals surface area contributed by atoms with Gasteiger partial charge in [-0.15, -0.1) is 11.3 Å². The van der Waals surface area contributed by atoms with Crippen LogP contribution in [0.2, 0.25) is 0 Å². The number of alkyl halides is 3. The van der Waals surface area contributed by atoms with E-state index >= 15 is 0 Å². The first-order valence-electron chi connectivity index (χ1n) is 9.21. The van der Waals surface area contributed by atoms with Gasteiger partial charge in [0, 0.05) is 41.8 Å². The molecule has 1 amide bonds. The fraction of sp³-hybridized carbons (Fsp3) is 0.263. The molecule has 0 bridgehead atoms. The van der Waals surface area contributed by atoms with E-state index in [4.69, 9.17) is 0 Å². The minimum absolute atomic E-state index is 0.0512. The number of aromatic amines is 1. The summed E-state index contributed by atoms with van der Waals surface area (Å²) < 4.78 is 41.2. The summed E-state index contributed by atoms with van der Waals surface area (Å²) in [6, 6.07) is -0.0999. The molecule has 1 unspecified atom stereocenters. The molecule has 1 fully saturated rings. The van der Waals surface area contributed by atoms with Crippen LogP contribution in [-0.4, -0.2) is 54.4 Å². The minimum atomic E-state index is -4.41. The van der Waals surface area contributed by atoms with E-state index in [1.165, 1.54) is 0 Å². The van der Waals surface area contributed by atoms with Gasteiger partial charge in [0.1, 0.15) is 6.04 Å². The van der Waals surface area contributed by atoms with Crippen LogP contribution in [0.4, 0.5) is 13.2 Å². The van der Waals surface area contributed by atoms with E-state index in [9.17, 15) is 18.0 Å². The zero-order valence-corrected chi connectivity index (χ0v) is 16.2. The van der Waals surface area contributed by atoms with E-state index in [2.05, 4.69) is 20.3 Å². The Labute approximate surface area is 172 Å². The number of hydrogen-bond acceptors (Lipinski definition) is 5. The number of carbonyl (C=O) groups excluding carboxylic acids is 1. The summed E-state index contributed by atoms with van der Waals surface area (Å²) in [5.74, 6) is -0.585. The second-order valence-corrected chi connectivity index (χ2v) is 7.97. The number of H-pyrrole nitrogens is 1. The summed E-state index contributed by atoms with van der Waals surface area (Å²) in [6.07, 6.45) is 4.45. The Morgan fingerprint density at radius 3 is 2.83 bits per heavy atom.